The van der Waals surface area contributed by atoms with Crippen molar-refractivity contribution in [3.8, 4) is 0 Å². The minimum absolute atomic E-state index is 0.0209. The van der Waals surface area contributed by atoms with Gasteiger partial charge in [0.15, 0.2) is 0 Å². The highest BCUT2D eigenvalue weighted by atomic mass is 16.2. The Kier molecular flexibility index (Phi) is 10.4. The molecule has 1 heterocycles. The molecule has 24 heavy (non-hydrogen) atoms. The van der Waals surface area contributed by atoms with Crippen molar-refractivity contribution in [2.45, 2.75) is 96.9 Å². The molecule has 0 saturated carbocycles. The highest BCUT2D eigenvalue weighted by molar-refractivity contribution is 5.99. The maximum Gasteiger partial charge on any atom is 0.249 e. The summed E-state index contributed by atoms with van der Waals surface area (Å²) >= 11 is 0. The van der Waals surface area contributed by atoms with Gasteiger partial charge in [-0.3, -0.25) is 19.7 Å². The number of unbranched alkanes of at least 4 members (excludes halogenated alkanes) is 7. The fraction of sp³-hybridized carbons (Fsp3) is 0.842. The van der Waals surface area contributed by atoms with E-state index in [1.54, 1.807) is 4.90 Å². The number of carbonyl (C=O) groups is 3. The first-order valence-corrected chi connectivity index (χ1v) is 9.73. The number of imide groups is 1. The van der Waals surface area contributed by atoms with E-state index in [4.69, 9.17) is 0 Å². The van der Waals surface area contributed by atoms with Crippen molar-refractivity contribution in [3.63, 3.8) is 0 Å². The van der Waals surface area contributed by atoms with Gasteiger partial charge >= 0.3 is 0 Å². The van der Waals surface area contributed by atoms with Crippen molar-refractivity contribution in [1.29, 1.82) is 0 Å². The van der Waals surface area contributed by atoms with E-state index in [0.29, 0.717) is 25.8 Å². The van der Waals surface area contributed by atoms with Gasteiger partial charge in [0.2, 0.25) is 17.7 Å². The Morgan fingerprint density at radius 3 is 2.21 bits per heavy atom. The van der Waals surface area contributed by atoms with E-state index in [9.17, 15) is 14.4 Å². The summed E-state index contributed by atoms with van der Waals surface area (Å²) in [7, 11) is 0. The number of rotatable bonds is 12. The monoisotopic (exact) mass is 338 g/mol. The fourth-order valence-corrected chi connectivity index (χ4v) is 3.25. The van der Waals surface area contributed by atoms with Gasteiger partial charge in [0.05, 0.1) is 0 Å². The van der Waals surface area contributed by atoms with Crippen LogP contribution < -0.4 is 5.32 Å². The van der Waals surface area contributed by atoms with E-state index in [-0.39, 0.29) is 17.7 Å². The summed E-state index contributed by atoms with van der Waals surface area (Å²) in [5, 5.41) is 2.48. The molecule has 1 saturated heterocycles. The van der Waals surface area contributed by atoms with E-state index in [2.05, 4.69) is 12.2 Å². The smallest absolute Gasteiger partial charge is 0.249 e. The van der Waals surface area contributed by atoms with Gasteiger partial charge in [0, 0.05) is 19.4 Å². The first kappa shape index (κ1) is 20.7. The van der Waals surface area contributed by atoms with Crippen LogP contribution in [0.15, 0.2) is 0 Å². The van der Waals surface area contributed by atoms with Crippen molar-refractivity contribution in [2.24, 2.45) is 0 Å². The van der Waals surface area contributed by atoms with Crippen LogP contribution in [0.2, 0.25) is 0 Å². The molecule has 0 aromatic carbocycles. The zero-order valence-corrected chi connectivity index (χ0v) is 15.4. The predicted octanol–water partition coefficient (Wildman–Crippen LogP) is 3.56. The van der Waals surface area contributed by atoms with Gasteiger partial charge in [0.1, 0.15) is 6.04 Å². The molecule has 138 valence electrons. The molecule has 0 radical (unpaired) electrons. The van der Waals surface area contributed by atoms with E-state index < -0.39 is 6.04 Å². The molecule has 0 spiro atoms. The van der Waals surface area contributed by atoms with Crippen LogP contribution in [0.4, 0.5) is 0 Å². The molecule has 1 N–H and O–H groups in total. The summed E-state index contributed by atoms with van der Waals surface area (Å²) in [4.78, 5) is 37.5. The van der Waals surface area contributed by atoms with Crippen molar-refractivity contribution < 1.29 is 14.4 Å². The van der Waals surface area contributed by atoms with Gasteiger partial charge in [-0.15, -0.1) is 0 Å². The first-order valence-electron chi connectivity index (χ1n) is 9.73. The molecule has 0 bridgehead atoms. The topological polar surface area (TPSA) is 66.5 Å². The molecule has 1 atom stereocenters. The molecular formula is C19H34N2O3. The van der Waals surface area contributed by atoms with Gasteiger partial charge in [0.25, 0.3) is 0 Å². The first-order chi connectivity index (χ1) is 11.6. The molecule has 5 nitrogen and oxygen atoms in total. The van der Waals surface area contributed by atoms with Crippen molar-refractivity contribution in [2.75, 3.05) is 6.54 Å². The zero-order valence-electron chi connectivity index (χ0n) is 15.4. The quantitative estimate of drug-likeness (QED) is 0.553. The Morgan fingerprint density at radius 2 is 1.67 bits per heavy atom. The molecule has 1 fully saturated rings. The largest absolute Gasteiger partial charge is 0.331 e. The van der Waals surface area contributed by atoms with Crippen LogP contribution in [0.1, 0.15) is 90.9 Å². The van der Waals surface area contributed by atoms with Crippen molar-refractivity contribution in [1.82, 2.24) is 10.2 Å². The van der Waals surface area contributed by atoms with Crippen LogP contribution in [0, 0.1) is 0 Å². The van der Waals surface area contributed by atoms with Crippen LogP contribution in [0.25, 0.3) is 0 Å². The average molecular weight is 338 g/mol. The Balaban J connectivity index is 2.17. The maximum absolute atomic E-state index is 12.2. The number of likely N-dealkylation sites (tertiary alicyclic amines) is 1. The van der Waals surface area contributed by atoms with Crippen LogP contribution in [-0.2, 0) is 14.4 Å². The molecule has 1 unspecified atom stereocenters. The van der Waals surface area contributed by atoms with Gasteiger partial charge in [-0.25, -0.2) is 0 Å². The lowest BCUT2D eigenvalue weighted by atomic mass is 10.1. The number of nitrogens with zero attached hydrogens (tertiary/aromatic N) is 1. The molecule has 0 aromatic heterocycles. The fourth-order valence-electron chi connectivity index (χ4n) is 3.25. The van der Waals surface area contributed by atoms with Gasteiger partial charge in [-0.05, 0) is 19.3 Å². The second kappa shape index (κ2) is 12.0. The van der Waals surface area contributed by atoms with E-state index in [1.807, 2.05) is 6.92 Å². The van der Waals surface area contributed by atoms with Crippen LogP contribution in [0.3, 0.4) is 0 Å². The third-order valence-electron chi connectivity index (χ3n) is 4.70. The Labute approximate surface area is 146 Å². The Bertz CT molecular complexity index is 409. The lowest BCUT2D eigenvalue weighted by molar-refractivity contribution is -0.140. The van der Waals surface area contributed by atoms with Gasteiger partial charge in [-0.1, -0.05) is 58.8 Å². The highest BCUT2D eigenvalue weighted by Gasteiger charge is 2.32. The molecule has 1 aliphatic rings. The van der Waals surface area contributed by atoms with E-state index >= 15 is 0 Å². The molecule has 3 amide bonds. The molecule has 0 aromatic rings. The van der Waals surface area contributed by atoms with Crippen LogP contribution >= 0.6 is 0 Å². The minimum atomic E-state index is -0.498. The summed E-state index contributed by atoms with van der Waals surface area (Å²) in [5.41, 5.74) is 0. The van der Waals surface area contributed by atoms with Gasteiger partial charge < -0.3 is 4.90 Å². The normalized spacial score (nSPS) is 15.6. The average Bonchev–Trinajstić information content (AvgIpc) is 2.96. The number of amides is 3. The zero-order chi connectivity index (χ0) is 17.8. The second-order valence-corrected chi connectivity index (χ2v) is 6.75. The standard InChI is InChI=1S/C19H34N2O3/c1-3-5-6-7-8-9-10-11-13-17(22)20-19(24)16(4-2)21-15-12-14-18(21)23/h16H,3-15H2,1-2H3,(H,20,22,24). The summed E-state index contributed by atoms with van der Waals surface area (Å²) in [6.45, 7) is 4.71. The maximum atomic E-state index is 12.2. The predicted molar refractivity (Wildman–Crippen MR) is 95.4 cm³/mol. The highest BCUT2D eigenvalue weighted by Crippen LogP contribution is 2.16. The summed E-state index contributed by atoms with van der Waals surface area (Å²) in [5.74, 6) is -0.513. The van der Waals surface area contributed by atoms with E-state index in [1.165, 1.54) is 32.1 Å². The van der Waals surface area contributed by atoms with Crippen molar-refractivity contribution >= 4 is 17.7 Å². The lowest BCUT2D eigenvalue weighted by Gasteiger charge is -2.25. The number of carbonyl (C=O) groups excluding carboxylic acids is 3. The lowest BCUT2D eigenvalue weighted by Crippen LogP contribution is -2.48. The number of hydrogen-bond donors (Lipinski definition) is 1. The third kappa shape index (κ3) is 7.45. The second-order valence-electron chi connectivity index (χ2n) is 6.75. The number of nitrogens with one attached hydrogen (secondary N) is 1. The molecule has 5 heteroatoms. The number of hydrogen-bond acceptors (Lipinski definition) is 3. The molecule has 1 rings (SSSR count). The van der Waals surface area contributed by atoms with Gasteiger partial charge in [-0.2, -0.15) is 0 Å². The summed E-state index contributed by atoms with van der Waals surface area (Å²) in [6.07, 6.45) is 11.7. The summed E-state index contributed by atoms with van der Waals surface area (Å²) < 4.78 is 0. The van der Waals surface area contributed by atoms with Crippen molar-refractivity contribution in [3.05, 3.63) is 0 Å². The third-order valence-corrected chi connectivity index (χ3v) is 4.70. The van der Waals surface area contributed by atoms with Crippen LogP contribution in [-0.4, -0.2) is 35.2 Å². The minimum Gasteiger partial charge on any atom is -0.331 e. The van der Waals surface area contributed by atoms with Crippen LogP contribution in [0.5, 0.6) is 0 Å². The molecular weight excluding hydrogens is 304 g/mol. The molecule has 0 aliphatic carbocycles. The molecule has 1 aliphatic heterocycles. The Hall–Kier alpha value is -1.39. The van der Waals surface area contributed by atoms with E-state index in [0.717, 1.165) is 25.7 Å². The Morgan fingerprint density at radius 1 is 1.04 bits per heavy atom. The SMILES string of the molecule is CCCCCCCCCCC(=O)NC(=O)C(CC)N1CCCC1=O. The summed E-state index contributed by atoms with van der Waals surface area (Å²) in [6, 6.07) is -0.498.